The minimum absolute atomic E-state index is 0.0418. The molecule has 0 amide bonds. The predicted molar refractivity (Wildman–Crippen MR) is 76.1 cm³/mol. The van der Waals surface area contributed by atoms with Crippen LogP contribution in [0.25, 0.3) is 0 Å². The molecule has 1 fully saturated rings. The number of rotatable bonds is 7. The molecular formula is C14H21FN2O2S. The van der Waals surface area contributed by atoms with Crippen molar-refractivity contribution >= 4 is 10.0 Å². The van der Waals surface area contributed by atoms with Gasteiger partial charge in [-0.1, -0.05) is 19.4 Å². The third-order valence-corrected chi connectivity index (χ3v) is 5.49. The molecule has 20 heavy (non-hydrogen) atoms. The maximum absolute atomic E-state index is 14.0. The van der Waals surface area contributed by atoms with E-state index in [1.165, 1.54) is 16.4 Å². The maximum atomic E-state index is 14.0. The second-order valence-electron chi connectivity index (χ2n) is 5.17. The van der Waals surface area contributed by atoms with E-state index in [0.717, 1.165) is 25.7 Å². The van der Waals surface area contributed by atoms with Gasteiger partial charge in [0, 0.05) is 19.1 Å². The lowest BCUT2D eigenvalue weighted by molar-refractivity contribution is 0.392. The number of hydrogen-bond acceptors (Lipinski definition) is 3. The van der Waals surface area contributed by atoms with Gasteiger partial charge in [0.25, 0.3) is 0 Å². The van der Waals surface area contributed by atoms with Crippen LogP contribution in [0.1, 0.15) is 38.2 Å². The summed E-state index contributed by atoms with van der Waals surface area (Å²) >= 11 is 0. The SMILES string of the molecule is CCCCN(C1CC1)S(=O)(=O)c1ccc(CN)cc1F. The van der Waals surface area contributed by atoms with E-state index < -0.39 is 15.8 Å². The third-order valence-electron chi connectivity index (χ3n) is 3.50. The molecule has 6 heteroatoms. The first-order chi connectivity index (χ1) is 9.50. The van der Waals surface area contributed by atoms with Crippen LogP contribution in [0.15, 0.2) is 23.1 Å². The number of halogens is 1. The van der Waals surface area contributed by atoms with Crippen molar-refractivity contribution in [1.82, 2.24) is 4.31 Å². The lowest BCUT2D eigenvalue weighted by Crippen LogP contribution is -2.34. The molecule has 0 heterocycles. The minimum Gasteiger partial charge on any atom is -0.326 e. The summed E-state index contributed by atoms with van der Waals surface area (Å²) in [6.45, 7) is 2.66. The van der Waals surface area contributed by atoms with E-state index >= 15 is 0 Å². The number of nitrogens with two attached hydrogens (primary N) is 1. The van der Waals surface area contributed by atoms with E-state index in [2.05, 4.69) is 0 Å². The Labute approximate surface area is 119 Å². The Morgan fingerprint density at radius 3 is 2.60 bits per heavy atom. The van der Waals surface area contributed by atoms with Gasteiger partial charge in [0.15, 0.2) is 0 Å². The molecule has 0 spiro atoms. The van der Waals surface area contributed by atoms with Crippen LogP contribution in [0.4, 0.5) is 4.39 Å². The van der Waals surface area contributed by atoms with Gasteiger partial charge in [-0.2, -0.15) is 4.31 Å². The highest BCUT2D eigenvalue weighted by Gasteiger charge is 2.38. The van der Waals surface area contributed by atoms with Gasteiger partial charge in [0.1, 0.15) is 10.7 Å². The Morgan fingerprint density at radius 1 is 1.40 bits per heavy atom. The minimum atomic E-state index is -3.75. The number of hydrogen-bond donors (Lipinski definition) is 1. The summed E-state index contributed by atoms with van der Waals surface area (Å²) in [5.41, 5.74) is 6.03. The van der Waals surface area contributed by atoms with E-state index in [4.69, 9.17) is 5.73 Å². The highest BCUT2D eigenvalue weighted by atomic mass is 32.2. The summed E-state index contributed by atoms with van der Waals surface area (Å²) in [6.07, 6.45) is 3.43. The Bertz CT molecular complexity index is 571. The third kappa shape index (κ3) is 3.19. The van der Waals surface area contributed by atoms with Gasteiger partial charge in [-0.15, -0.1) is 0 Å². The monoisotopic (exact) mass is 300 g/mol. The fourth-order valence-electron chi connectivity index (χ4n) is 2.18. The molecular weight excluding hydrogens is 279 g/mol. The molecule has 0 atom stereocenters. The van der Waals surface area contributed by atoms with E-state index in [1.807, 2.05) is 6.92 Å². The first-order valence-corrected chi connectivity index (χ1v) is 8.45. The molecule has 112 valence electrons. The molecule has 4 nitrogen and oxygen atoms in total. The molecule has 0 radical (unpaired) electrons. The molecule has 0 bridgehead atoms. The predicted octanol–water partition coefficient (Wildman–Crippen LogP) is 2.24. The topological polar surface area (TPSA) is 63.4 Å². The van der Waals surface area contributed by atoms with Crippen molar-refractivity contribution in [2.24, 2.45) is 5.73 Å². The zero-order chi connectivity index (χ0) is 14.8. The zero-order valence-corrected chi connectivity index (χ0v) is 12.5. The first kappa shape index (κ1) is 15.4. The number of benzene rings is 1. The Balaban J connectivity index is 2.32. The van der Waals surface area contributed by atoms with Gasteiger partial charge in [0.2, 0.25) is 10.0 Å². The molecule has 2 N–H and O–H groups in total. The van der Waals surface area contributed by atoms with Gasteiger partial charge >= 0.3 is 0 Å². The van der Waals surface area contributed by atoms with Crippen LogP contribution in [-0.2, 0) is 16.6 Å². The lowest BCUT2D eigenvalue weighted by atomic mass is 10.2. The smallest absolute Gasteiger partial charge is 0.246 e. The molecule has 1 aromatic rings. The molecule has 0 saturated heterocycles. The van der Waals surface area contributed by atoms with Gasteiger partial charge in [-0.05, 0) is 37.0 Å². The number of unbranched alkanes of at least 4 members (excludes halogenated alkanes) is 1. The van der Waals surface area contributed by atoms with Crippen molar-refractivity contribution in [3.8, 4) is 0 Å². The zero-order valence-electron chi connectivity index (χ0n) is 11.7. The summed E-state index contributed by atoms with van der Waals surface area (Å²) in [7, 11) is -3.75. The van der Waals surface area contributed by atoms with E-state index in [0.29, 0.717) is 12.1 Å². The summed E-state index contributed by atoms with van der Waals surface area (Å²) in [6, 6.07) is 4.15. The van der Waals surface area contributed by atoms with Gasteiger partial charge in [-0.3, -0.25) is 0 Å². The molecule has 0 aliphatic heterocycles. The summed E-state index contributed by atoms with van der Waals surface area (Å²) in [5, 5.41) is 0. The fourth-order valence-corrected chi connectivity index (χ4v) is 3.95. The second-order valence-corrected chi connectivity index (χ2v) is 7.03. The van der Waals surface area contributed by atoms with Gasteiger partial charge < -0.3 is 5.73 Å². The van der Waals surface area contributed by atoms with Crippen LogP contribution >= 0.6 is 0 Å². The average Bonchev–Trinajstić information content (AvgIpc) is 3.23. The van der Waals surface area contributed by atoms with Crippen LogP contribution in [-0.4, -0.2) is 25.3 Å². The molecule has 1 saturated carbocycles. The van der Waals surface area contributed by atoms with Crippen molar-refractivity contribution < 1.29 is 12.8 Å². The Kier molecular flexibility index (Phi) is 4.78. The van der Waals surface area contributed by atoms with Gasteiger partial charge in [0.05, 0.1) is 0 Å². The van der Waals surface area contributed by atoms with E-state index in [1.54, 1.807) is 6.07 Å². The maximum Gasteiger partial charge on any atom is 0.246 e. The fraction of sp³-hybridized carbons (Fsp3) is 0.571. The number of nitrogens with zero attached hydrogens (tertiary/aromatic N) is 1. The Morgan fingerprint density at radius 2 is 2.10 bits per heavy atom. The second kappa shape index (κ2) is 6.20. The average molecular weight is 300 g/mol. The molecule has 0 aromatic heterocycles. The highest BCUT2D eigenvalue weighted by molar-refractivity contribution is 7.89. The van der Waals surface area contributed by atoms with Crippen LogP contribution in [0, 0.1) is 5.82 Å². The van der Waals surface area contributed by atoms with E-state index in [-0.39, 0.29) is 17.5 Å². The van der Waals surface area contributed by atoms with Crippen molar-refractivity contribution in [3.63, 3.8) is 0 Å². The largest absolute Gasteiger partial charge is 0.326 e. The normalized spacial score (nSPS) is 15.8. The van der Waals surface area contributed by atoms with Crippen LogP contribution < -0.4 is 5.73 Å². The van der Waals surface area contributed by atoms with E-state index in [9.17, 15) is 12.8 Å². The molecule has 1 aliphatic carbocycles. The van der Waals surface area contributed by atoms with Crippen LogP contribution in [0.3, 0.4) is 0 Å². The molecule has 2 rings (SSSR count). The van der Waals surface area contributed by atoms with Crippen LogP contribution in [0.5, 0.6) is 0 Å². The Hall–Kier alpha value is -0.980. The summed E-state index contributed by atoms with van der Waals surface area (Å²) in [4.78, 5) is -0.238. The first-order valence-electron chi connectivity index (χ1n) is 7.01. The quantitative estimate of drug-likeness (QED) is 0.840. The van der Waals surface area contributed by atoms with Crippen molar-refractivity contribution in [3.05, 3.63) is 29.6 Å². The number of sulfonamides is 1. The molecule has 0 unspecified atom stereocenters. The standard InChI is InChI=1S/C14H21FN2O2S/c1-2-3-8-17(12-5-6-12)20(18,19)14-7-4-11(10-16)9-13(14)15/h4,7,9,12H,2-3,5-6,8,10,16H2,1H3. The summed E-state index contributed by atoms with van der Waals surface area (Å²) in [5.74, 6) is -0.713. The van der Waals surface area contributed by atoms with Crippen molar-refractivity contribution in [1.29, 1.82) is 0 Å². The molecule has 1 aromatic carbocycles. The lowest BCUT2D eigenvalue weighted by Gasteiger charge is -2.22. The summed E-state index contributed by atoms with van der Waals surface area (Å²) < 4.78 is 40.7. The highest BCUT2D eigenvalue weighted by Crippen LogP contribution is 2.33. The van der Waals surface area contributed by atoms with Crippen molar-refractivity contribution in [2.75, 3.05) is 6.54 Å². The van der Waals surface area contributed by atoms with Crippen molar-refractivity contribution in [2.45, 2.75) is 50.1 Å². The molecule has 1 aliphatic rings. The van der Waals surface area contributed by atoms with Gasteiger partial charge in [-0.25, -0.2) is 12.8 Å². The van der Waals surface area contributed by atoms with Crippen LogP contribution in [0.2, 0.25) is 0 Å².